The standard InChI is InChI=1S/C24H21N3O2/c1-14-19(15(2)26-24(29)22(14)13-25)9-10-23(28)27-18-7-8-21-17(12-18)11-16-5-3-4-6-20(16)21/h3-8,12H,9-11H2,1-2H3,(H,26,29)(H,27,28). The van der Waals surface area contributed by atoms with E-state index in [4.69, 9.17) is 0 Å². The van der Waals surface area contributed by atoms with Gasteiger partial charge in [-0.25, -0.2) is 0 Å². The SMILES string of the molecule is Cc1[nH]c(=O)c(C#N)c(C)c1CCC(=O)Nc1ccc2c(c1)Cc1ccccc1-2. The van der Waals surface area contributed by atoms with Gasteiger partial charge in [0, 0.05) is 17.8 Å². The second kappa shape index (κ2) is 7.40. The fourth-order valence-electron chi connectivity index (χ4n) is 4.11. The Morgan fingerprint density at radius 1 is 1.14 bits per heavy atom. The summed E-state index contributed by atoms with van der Waals surface area (Å²) >= 11 is 0. The third-order valence-corrected chi connectivity index (χ3v) is 5.60. The number of carbonyl (C=O) groups is 1. The molecule has 4 rings (SSSR count). The lowest BCUT2D eigenvalue weighted by atomic mass is 9.99. The molecule has 5 nitrogen and oxygen atoms in total. The molecular formula is C24H21N3O2. The van der Waals surface area contributed by atoms with Crippen molar-refractivity contribution < 1.29 is 4.79 Å². The van der Waals surface area contributed by atoms with Gasteiger partial charge in [-0.05, 0) is 72.2 Å². The van der Waals surface area contributed by atoms with E-state index in [0.29, 0.717) is 17.7 Å². The third-order valence-electron chi connectivity index (χ3n) is 5.60. The minimum atomic E-state index is -0.380. The first-order chi connectivity index (χ1) is 14.0. The summed E-state index contributed by atoms with van der Waals surface area (Å²) in [7, 11) is 0. The van der Waals surface area contributed by atoms with Crippen LogP contribution in [0.25, 0.3) is 11.1 Å². The number of hydrogen-bond acceptors (Lipinski definition) is 3. The van der Waals surface area contributed by atoms with E-state index in [0.717, 1.165) is 17.7 Å². The fraction of sp³-hybridized carbons (Fsp3) is 0.208. The summed E-state index contributed by atoms with van der Waals surface area (Å²) in [4.78, 5) is 27.0. The van der Waals surface area contributed by atoms with Gasteiger partial charge in [0.15, 0.2) is 0 Å². The number of H-pyrrole nitrogens is 1. The Morgan fingerprint density at radius 2 is 1.90 bits per heavy atom. The molecule has 5 heteroatoms. The van der Waals surface area contributed by atoms with Gasteiger partial charge in [0.2, 0.25) is 5.91 Å². The molecule has 2 aromatic carbocycles. The van der Waals surface area contributed by atoms with Gasteiger partial charge in [-0.15, -0.1) is 0 Å². The lowest BCUT2D eigenvalue weighted by Gasteiger charge is -2.11. The summed E-state index contributed by atoms with van der Waals surface area (Å²) in [5.41, 5.74) is 7.73. The number of rotatable bonds is 4. The topological polar surface area (TPSA) is 85.8 Å². The molecule has 1 aliphatic carbocycles. The molecule has 0 spiro atoms. The summed E-state index contributed by atoms with van der Waals surface area (Å²) in [5, 5.41) is 12.2. The van der Waals surface area contributed by atoms with E-state index in [9.17, 15) is 14.9 Å². The highest BCUT2D eigenvalue weighted by Crippen LogP contribution is 2.37. The highest BCUT2D eigenvalue weighted by atomic mass is 16.1. The van der Waals surface area contributed by atoms with E-state index in [-0.39, 0.29) is 23.5 Å². The molecule has 0 radical (unpaired) electrons. The molecule has 3 aromatic rings. The largest absolute Gasteiger partial charge is 0.326 e. The molecule has 2 N–H and O–H groups in total. The quantitative estimate of drug-likeness (QED) is 0.558. The molecular weight excluding hydrogens is 362 g/mol. The van der Waals surface area contributed by atoms with Crippen molar-refractivity contribution >= 4 is 11.6 Å². The van der Waals surface area contributed by atoms with Crippen molar-refractivity contribution in [3.8, 4) is 17.2 Å². The van der Waals surface area contributed by atoms with Gasteiger partial charge in [-0.3, -0.25) is 9.59 Å². The molecule has 0 unspecified atom stereocenters. The lowest BCUT2D eigenvalue weighted by Crippen LogP contribution is -2.18. The van der Waals surface area contributed by atoms with E-state index in [1.807, 2.05) is 30.3 Å². The minimum Gasteiger partial charge on any atom is -0.326 e. The molecule has 1 heterocycles. The van der Waals surface area contributed by atoms with Crippen LogP contribution in [0.2, 0.25) is 0 Å². The smallest absolute Gasteiger partial charge is 0.266 e. The second-order valence-electron chi connectivity index (χ2n) is 7.42. The number of fused-ring (bicyclic) bond motifs is 3. The van der Waals surface area contributed by atoms with Crippen LogP contribution in [0, 0.1) is 25.2 Å². The first-order valence-corrected chi connectivity index (χ1v) is 9.61. The average Bonchev–Trinajstić information content (AvgIpc) is 3.05. The Bertz CT molecular complexity index is 1230. The number of amides is 1. The van der Waals surface area contributed by atoms with Crippen molar-refractivity contribution in [2.75, 3.05) is 5.32 Å². The van der Waals surface area contributed by atoms with Crippen LogP contribution in [0.4, 0.5) is 5.69 Å². The van der Waals surface area contributed by atoms with Crippen LogP contribution in [0.15, 0.2) is 47.3 Å². The molecule has 0 saturated heterocycles. The summed E-state index contributed by atoms with van der Waals surface area (Å²) in [5.74, 6) is -0.0935. The molecule has 0 atom stereocenters. The van der Waals surface area contributed by atoms with Crippen molar-refractivity contribution in [3.63, 3.8) is 0 Å². The highest BCUT2D eigenvalue weighted by molar-refractivity contribution is 5.92. The van der Waals surface area contributed by atoms with E-state index < -0.39 is 0 Å². The van der Waals surface area contributed by atoms with Crippen LogP contribution in [-0.4, -0.2) is 10.9 Å². The Labute approximate surface area is 169 Å². The zero-order chi connectivity index (χ0) is 20.5. The molecule has 1 aliphatic rings. The number of nitriles is 1. The summed E-state index contributed by atoms with van der Waals surface area (Å²) < 4.78 is 0. The molecule has 0 aliphatic heterocycles. The summed E-state index contributed by atoms with van der Waals surface area (Å²) in [6.45, 7) is 3.55. The van der Waals surface area contributed by atoms with Crippen LogP contribution in [0.5, 0.6) is 0 Å². The molecule has 0 saturated carbocycles. The Kier molecular flexibility index (Phi) is 4.77. The number of pyridine rings is 1. The number of hydrogen-bond donors (Lipinski definition) is 2. The summed E-state index contributed by atoms with van der Waals surface area (Å²) in [6, 6.07) is 16.3. The van der Waals surface area contributed by atoms with Gasteiger partial charge in [0.1, 0.15) is 11.6 Å². The number of benzene rings is 2. The van der Waals surface area contributed by atoms with Gasteiger partial charge in [-0.1, -0.05) is 30.3 Å². The average molecular weight is 383 g/mol. The van der Waals surface area contributed by atoms with Crippen LogP contribution in [0.1, 0.15) is 39.9 Å². The van der Waals surface area contributed by atoms with Gasteiger partial charge in [-0.2, -0.15) is 5.26 Å². The van der Waals surface area contributed by atoms with Crippen molar-refractivity contribution in [2.45, 2.75) is 33.1 Å². The maximum absolute atomic E-state index is 12.5. The maximum Gasteiger partial charge on any atom is 0.266 e. The van der Waals surface area contributed by atoms with E-state index in [1.54, 1.807) is 13.8 Å². The number of aryl methyl sites for hydroxylation is 1. The van der Waals surface area contributed by atoms with Gasteiger partial charge >= 0.3 is 0 Å². The number of anilines is 1. The molecule has 0 fully saturated rings. The van der Waals surface area contributed by atoms with Crippen molar-refractivity contribution in [2.24, 2.45) is 0 Å². The normalized spacial score (nSPS) is 11.5. The van der Waals surface area contributed by atoms with Crippen molar-refractivity contribution in [1.29, 1.82) is 5.26 Å². The number of aromatic amines is 1. The van der Waals surface area contributed by atoms with Crippen molar-refractivity contribution in [3.05, 3.63) is 86.3 Å². The molecule has 1 amide bonds. The van der Waals surface area contributed by atoms with E-state index >= 15 is 0 Å². The monoisotopic (exact) mass is 383 g/mol. The Hall–Kier alpha value is -3.65. The van der Waals surface area contributed by atoms with Gasteiger partial charge in [0.05, 0.1) is 0 Å². The summed E-state index contributed by atoms with van der Waals surface area (Å²) in [6.07, 6.45) is 1.61. The molecule has 144 valence electrons. The third kappa shape index (κ3) is 3.45. The first kappa shape index (κ1) is 18.7. The fourth-order valence-corrected chi connectivity index (χ4v) is 4.11. The van der Waals surface area contributed by atoms with Gasteiger partial charge < -0.3 is 10.3 Å². The van der Waals surface area contributed by atoms with Crippen LogP contribution in [0.3, 0.4) is 0 Å². The number of aromatic nitrogens is 1. The Balaban J connectivity index is 1.46. The second-order valence-corrected chi connectivity index (χ2v) is 7.42. The Morgan fingerprint density at radius 3 is 2.69 bits per heavy atom. The van der Waals surface area contributed by atoms with Crippen LogP contribution < -0.4 is 10.9 Å². The minimum absolute atomic E-state index is 0.0935. The number of carbonyl (C=O) groups excluding carboxylic acids is 1. The van der Waals surface area contributed by atoms with Gasteiger partial charge in [0.25, 0.3) is 5.56 Å². The number of nitrogens with zero attached hydrogens (tertiary/aromatic N) is 1. The van der Waals surface area contributed by atoms with Crippen LogP contribution in [-0.2, 0) is 17.6 Å². The van der Waals surface area contributed by atoms with Crippen LogP contribution >= 0.6 is 0 Å². The van der Waals surface area contributed by atoms with E-state index in [1.165, 1.54) is 22.3 Å². The maximum atomic E-state index is 12.5. The van der Waals surface area contributed by atoms with Crippen molar-refractivity contribution in [1.82, 2.24) is 4.98 Å². The zero-order valence-electron chi connectivity index (χ0n) is 16.4. The molecule has 29 heavy (non-hydrogen) atoms. The number of nitrogens with one attached hydrogen (secondary N) is 2. The predicted octanol–water partition coefficient (Wildman–Crippen LogP) is 4.01. The zero-order valence-corrected chi connectivity index (χ0v) is 16.4. The molecule has 0 bridgehead atoms. The van der Waals surface area contributed by atoms with E-state index in [2.05, 4.69) is 28.5 Å². The highest BCUT2D eigenvalue weighted by Gasteiger charge is 2.18. The lowest BCUT2D eigenvalue weighted by molar-refractivity contribution is -0.116. The molecule has 1 aromatic heterocycles. The predicted molar refractivity (Wildman–Crippen MR) is 113 cm³/mol. The first-order valence-electron chi connectivity index (χ1n) is 9.61.